The molecular weight excluding hydrogens is 491 g/mol. The average Bonchev–Trinajstić information content (AvgIpc) is 3.49. The molecule has 1 N–H and O–H groups in total. The van der Waals surface area contributed by atoms with Gasteiger partial charge in [-0.2, -0.15) is 0 Å². The predicted molar refractivity (Wildman–Crippen MR) is 138 cm³/mol. The van der Waals surface area contributed by atoms with Crippen molar-refractivity contribution in [2.75, 3.05) is 18.4 Å². The number of amides is 2. The van der Waals surface area contributed by atoms with Gasteiger partial charge in [-0.3, -0.25) is 19.5 Å². The summed E-state index contributed by atoms with van der Waals surface area (Å²) >= 11 is 13.5. The molecule has 9 heteroatoms. The number of nitrogens with one attached hydrogen (secondary N) is 1. The molecule has 2 aromatic heterocycles. The Kier molecular flexibility index (Phi) is 7.47. The van der Waals surface area contributed by atoms with Crippen molar-refractivity contribution in [3.63, 3.8) is 0 Å². The van der Waals surface area contributed by atoms with Crippen molar-refractivity contribution in [2.24, 2.45) is 0 Å². The third-order valence-electron chi connectivity index (χ3n) is 4.89. The van der Waals surface area contributed by atoms with Gasteiger partial charge in [0.05, 0.1) is 10.6 Å². The monoisotopic (exact) mass is 510 g/mol. The number of benzene rings is 2. The van der Waals surface area contributed by atoms with Crippen LogP contribution < -0.4 is 5.32 Å². The van der Waals surface area contributed by atoms with Crippen LogP contribution in [0.4, 0.5) is 5.95 Å². The number of hydrogen-bond donors (Lipinski definition) is 1. The van der Waals surface area contributed by atoms with Crippen LogP contribution in [0.5, 0.6) is 0 Å². The molecule has 0 radical (unpaired) electrons. The maximum absolute atomic E-state index is 13.0. The first-order valence-corrected chi connectivity index (χ1v) is 11.9. The van der Waals surface area contributed by atoms with Crippen molar-refractivity contribution >= 4 is 52.3 Å². The van der Waals surface area contributed by atoms with Crippen LogP contribution in [-0.2, 0) is 4.79 Å². The minimum atomic E-state index is -0.386. The molecule has 2 aromatic carbocycles. The van der Waals surface area contributed by atoms with Gasteiger partial charge < -0.3 is 4.90 Å². The molecule has 0 unspecified atom stereocenters. The van der Waals surface area contributed by atoms with E-state index in [-0.39, 0.29) is 24.9 Å². The fourth-order valence-electron chi connectivity index (χ4n) is 3.32. The van der Waals surface area contributed by atoms with E-state index in [1.807, 2.05) is 35.8 Å². The Hall–Kier alpha value is -3.39. The van der Waals surface area contributed by atoms with E-state index in [9.17, 15) is 9.59 Å². The summed E-state index contributed by atoms with van der Waals surface area (Å²) in [4.78, 5) is 32.4. The van der Waals surface area contributed by atoms with Crippen molar-refractivity contribution < 1.29 is 9.59 Å². The van der Waals surface area contributed by atoms with Crippen molar-refractivity contribution in [1.29, 1.82) is 0 Å². The second-order valence-electron chi connectivity index (χ2n) is 7.31. The van der Waals surface area contributed by atoms with Gasteiger partial charge in [0.2, 0.25) is 11.9 Å². The van der Waals surface area contributed by atoms with Gasteiger partial charge in [-0.15, -0.1) is 17.9 Å². The van der Waals surface area contributed by atoms with Gasteiger partial charge in [0.1, 0.15) is 6.54 Å². The van der Waals surface area contributed by atoms with Crippen LogP contribution in [-0.4, -0.2) is 39.4 Å². The zero-order chi connectivity index (χ0) is 24.1. The van der Waals surface area contributed by atoms with E-state index in [1.165, 1.54) is 16.2 Å². The molecule has 4 aromatic rings. The summed E-state index contributed by atoms with van der Waals surface area (Å²) in [6, 6.07) is 18.0. The van der Waals surface area contributed by atoms with Gasteiger partial charge in [0.25, 0.3) is 5.91 Å². The zero-order valence-corrected chi connectivity index (χ0v) is 20.3. The Morgan fingerprint density at radius 1 is 1.09 bits per heavy atom. The summed E-state index contributed by atoms with van der Waals surface area (Å²) < 4.78 is 1.74. The first-order valence-electron chi connectivity index (χ1n) is 10.3. The van der Waals surface area contributed by atoms with Crippen molar-refractivity contribution in [2.45, 2.75) is 0 Å². The van der Waals surface area contributed by atoms with Gasteiger partial charge in [0, 0.05) is 34.0 Å². The maximum Gasteiger partial charge on any atom is 0.264 e. The third-order valence-corrected chi connectivity index (χ3v) is 6.23. The van der Waals surface area contributed by atoms with Crippen LogP contribution in [0.3, 0.4) is 0 Å². The number of imidazole rings is 1. The maximum atomic E-state index is 13.0. The van der Waals surface area contributed by atoms with Crippen molar-refractivity contribution in [3.05, 3.63) is 99.8 Å². The second-order valence-corrected chi connectivity index (χ2v) is 9.13. The minimum absolute atomic E-state index is 0.151. The SMILES string of the molecule is C=CCN(CC(=O)Nc1nc(-c2ccc(Cl)cc2)cn1-c1cccc(Cl)c1)C(=O)c1cccs1. The molecule has 0 bridgehead atoms. The Morgan fingerprint density at radius 2 is 1.88 bits per heavy atom. The van der Waals surface area contributed by atoms with Crippen LogP contribution in [0.25, 0.3) is 16.9 Å². The number of carbonyl (C=O) groups is 2. The highest BCUT2D eigenvalue weighted by atomic mass is 35.5. The van der Waals surface area contributed by atoms with E-state index in [0.717, 1.165) is 11.3 Å². The van der Waals surface area contributed by atoms with E-state index in [4.69, 9.17) is 23.2 Å². The number of anilines is 1. The first kappa shape index (κ1) is 23.8. The molecule has 2 heterocycles. The Morgan fingerprint density at radius 3 is 2.56 bits per heavy atom. The molecule has 2 amide bonds. The minimum Gasteiger partial charge on any atom is -0.325 e. The quantitative estimate of drug-likeness (QED) is 0.288. The van der Waals surface area contributed by atoms with Gasteiger partial charge in [-0.25, -0.2) is 4.98 Å². The number of halogens is 2. The fourth-order valence-corrected chi connectivity index (χ4v) is 4.32. The van der Waals surface area contributed by atoms with Crippen LogP contribution >= 0.6 is 34.5 Å². The largest absolute Gasteiger partial charge is 0.325 e. The number of rotatable bonds is 8. The molecule has 0 aliphatic heterocycles. The number of thiophene rings is 1. The zero-order valence-electron chi connectivity index (χ0n) is 17.9. The van der Waals surface area contributed by atoms with Gasteiger partial charge in [0.15, 0.2) is 0 Å². The second kappa shape index (κ2) is 10.7. The summed E-state index contributed by atoms with van der Waals surface area (Å²) in [7, 11) is 0. The molecule has 34 heavy (non-hydrogen) atoms. The van der Waals surface area contributed by atoms with E-state index >= 15 is 0 Å². The molecule has 4 rings (SSSR count). The van der Waals surface area contributed by atoms with E-state index < -0.39 is 0 Å². The molecule has 0 fully saturated rings. The van der Waals surface area contributed by atoms with E-state index in [0.29, 0.717) is 26.6 Å². The highest BCUT2D eigenvalue weighted by molar-refractivity contribution is 7.12. The van der Waals surface area contributed by atoms with Crippen molar-refractivity contribution in [1.82, 2.24) is 14.5 Å². The van der Waals surface area contributed by atoms with Crippen LogP contribution in [0.15, 0.2) is 84.9 Å². The predicted octanol–water partition coefficient (Wildman–Crippen LogP) is 6.17. The van der Waals surface area contributed by atoms with Gasteiger partial charge in [-0.1, -0.05) is 53.5 Å². The number of aromatic nitrogens is 2. The Bertz CT molecular complexity index is 1320. The highest BCUT2D eigenvalue weighted by Gasteiger charge is 2.20. The summed E-state index contributed by atoms with van der Waals surface area (Å²) in [5.74, 6) is -0.312. The molecule has 0 saturated heterocycles. The lowest BCUT2D eigenvalue weighted by Gasteiger charge is -2.20. The lowest BCUT2D eigenvalue weighted by Crippen LogP contribution is -2.38. The number of hydrogen-bond acceptors (Lipinski definition) is 4. The molecule has 6 nitrogen and oxygen atoms in total. The standard InChI is InChI=1S/C25H20Cl2N4O2S/c1-2-12-30(24(33)22-7-4-13-34-22)16-23(32)29-25-28-21(17-8-10-18(26)11-9-17)15-31(25)20-6-3-5-19(27)14-20/h2-11,13-15H,1,12,16H2,(H,28,29,32). The van der Waals surface area contributed by atoms with Gasteiger partial charge in [-0.05, 0) is 41.8 Å². The van der Waals surface area contributed by atoms with Crippen LogP contribution in [0, 0.1) is 0 Å². The first-order chi connectivity index (χ1) is 16.4. The molecule has 0 saturated carbocycles. The highest BCUT2D eigenvalue weighted by Crippen LogP contribution is 2.26. The molecule has 0 atom stereocenters. The Balaban J connectivity index is 1.62. The Labute approximate surface area is 211 Å². The molecule has 0 spiro atoms. The number of nitrogens with zero attached hydrogens (tertiary/aromatic N) is 3. The topological polar surface area (TPSA) is 67.2 Å². The van der Waals surface area contributed by atoms with Gasteiger partial charge >= 0.3 is 0 Å². The summed E-state index contributed by atoms with van der Waals surface area (Å²) in [6.07, 6.45) is 3.40. The fraction of sp³-hybridized carbons (Fsp3) is 0.0800. The van der Waals surface area contributed by atoms with Crippen molar-refractivity contribution in [3.8, 4) is 16.9 Å². The smallest absolute Gasteiger partial charge is 0.264 e. The van der Waals surface area contributed by atoms with Crippen LogP contribution in [0.2, 0.25) is 10.0 Å². The summed E-state index contributed by atoms with van der Waals surface area (Å²) in [5.41, 5.74) is 2.21. The lowest BCUT2D eigenvalue weighted by atomic mass is 10.2. The average molecular weight is 511 g/mol. The summed E-state index contributed by atoms with van der Waals surface area (Å²) in [6.45, 7) is 3.79. The normalized spacial score (nSPS) is 10.6. The third kappa shape index (κ3) is 5.56. The molecule has 0 aliphatic rings. The van der Waals surface area contributed by atoms with E-state index in [2.05, 4.69) is 16.9 Å². The molecule has 0 aliphatic carbocycles. The van der Waals surface area contributed by atoms with Crippen LogP contribution in [0.1, 0.15) is 9.67 Å². The molecular formula is C25H20Cl2N4O2S. The molecule has 172 valence electrons. The number of carbonyl (C=O) groups excluding carboxylic acids is 2. The lowest BCUT2D eigenvalue weighted by molar-refractivity contribution is -0.116. The van der Waals surface area contributed by atoms with E-state index in [1.54, 1.807) is 47.0 Å². The summed E-state index contributed by atoms with van der Waals surface area (Å²) in [5, 5.41) is 5.82.